The summed E-state index contributed by atoms with van der Waals surface area (Å²) in [7, 11) is 1.93. The molecule has 0 atom stereocenters. The van der Waals surface area contributed by atoms with Crippen molar-refractivity contribution in [1.82, 2.24) is 24.5 Å². The van der Waals surface area contributed by atoms with E-state index in [4.69, 9.17) is 16.7 Å². The van der Waals surface area contributed by atoms with Gasteiger partial charge in [0.1, 0.15) is 0 Å². The number of aromatic nitrogens is 4. The average molecular weight is 356 g/mol. The van der Waals surface area contributed by atoms with Crippen molar-refractivity contribution in [2.45, 2.75) is 33.4 Å². The first-order chi connectivity index (χ1) is 12.0. The molecule has 6 heteroatoms. The predicted molar refractivity (Wildman–Crippen MR) is 102 cm³/mol. The SMILES string of the molecule is C=C(CC)N1CCn2nc3c(C)c(Cl)cc(-c4ccn(C)n4)c3c2C1. The summed E-state index contributed by atoms with van der Waals surface area (Å²) in [5.41, 5.74) is 6.38. The topological polar surface area (TPSA) is 38.9 Å². The summed E-state index contributed by atoms with van der Waals surface area (Å²) in [6.07, 6.45) is 2.92. The smallest absolute Gasteiger partial charge is 0.0977 e. The quantitative estimate of drug-likeness (QED) is 0.708. The Hall–Kier alpha value is -2.27. The van der Waals surface area contributed by atoms with E-state index < -0.39 is 0 Å². The first-order valence-electron chi connectivity index (χ1n) is 8.60. The molecular formula is C19H22ClN5. The van der Waals surface area contributed by atoms with E-state index in [1.807, 2.05) is 37.0 Å². The molecular weight excluding hydrogens is 334 g/mol. The third kappa shape index (κ3) is 2.54. The fraction of sp³-hybridized carbons (Fsp3) is 0.368. The number of hydrogen-bond acceptors (Lipinski definition) is 3. The summed E-state index contributed by atoms with van der Waals surface area (Å²) in [6, 6.07) is 4.05. The molecule has 1 aromatic carbocycles. The molecule has 0 spiro atoms. The van der Waals surface area contributed by atoms with Gasteiger partial charge >= 0.3 is 0 Å². The van der Waals surface area contributed by atoms with Crippen molar-refractivity contribution in [3.8, 4) is 11.3 Å². The molecule has 0 aliphatic carbocycles. The van der Waals surface area contributed by atoms with Crippen LogP contribution in [0.4, 0.5) is 0 Å². The first-order valence-corrected chi connectivity index (χ1v) is 8.98. The molecule has 5 nitrogen and oxygen atoms in total. The molecule has 1 aliphatic heterocycles. The van der Waals surface area contributed by atoms with E-state index in [-0.39, 0.29) is 0 Å². The Balaban J connectivity index is 1.96. The second kappa shape index (κ2) is 5.92. The van der Waals surface area contributed by atoms with E-state index in [0.717, 1.165) is 58.8 Å². The van der Waals surface area contributed by atoms with Crippen LogP contribution < -0.4 is 0 Å². The highest BCUT2D eigenvalue weighted by molar-refractivity contribution is 6.33. The van der Waals surface area contributed by atoms with Gasteiger partial charge in [-0.15, -0.1) is 0 Å². The maximum Gasteiger partial charge on any atom is 0.0977 e. The largest absolute Gasteiger partial charge is 0.368 e. The summed E-state index contributed by atoms with van der Waals surface area (Å²) >= 11 is 6.51. The first kappa shape index (κ1) is 16.2. The summed E-state index contributed by atoms with van der Waals surface area (Å²) in [6.45, 7) is 11.0. The van der Waals surface area contributed by atoms with Crippen molar-refractivity contribution in [2.24, 2.45) is 7.05 Å². The molecule has 0 bridgehead atoms. The van der Waals surface area contributed by atoms with Crippen LogP contribution in [-0.4, -0.2) is 31.0 Å². The van der Waals surface area contributed by atoms with Gasteiger partial charge in [0.25, 0.3) is 0 Å². The number of nitrogens with zero attached hydrogens (tertiary/aromatic N) is 5. The van der Waals surface area contributed by atoms with E-state index in [2.05, 4.69) is 28.2 Å². The summed E-state index contributed by atoms with van der Waals surface area (Å²) in [5, 5.41) is 11.4. The lowest BCUT2D eigenvalue weighted by Crippen LogP contribution is -2.32. The van der Waals surface area contributed by atoms with Crippen LogP contribution in [0.5, 0.6) is 0 Å². The molecule has 0 N–H and O–H groups in total. The number of allylic oxidation sites excluding steroid dienone is 1. The standard InChI is InChI=1S/C19H22ClN5/c1-5-12(2)24-8-9-25-17(11-24)18-14(16-6-7-23(4)21-16)10-15(20)13(3)19(18)22-25/h6-7,10H,2,5,8-9,11H2,1,3-4H3. The molecule has 4 rings (SSSR count). The van der Waals surface area contributed by atoms with E-state index in [0.29, 0.717) is 0 Å². The lowest BCUT2D eigenvalue weighted by atomic mass is 10.0. The number of benzene rings is 1. The molecule has 0 amide bonds. The normalized spacial score (nSPS) is 14.2. The second-order valence-corrected chi connectivity index (χ2v) is 7.05. The highest BCUT2D eigenvalue weighted by Crippen LogP contribution is 2.37. The Morgan fingerprint density at radius 3 is 2.80 bits per heavy atom. The van der Waals surface area contributed by atoms with Crippen LogP contribution >= 0.6 is 11.6 Å². The van der Waals surface area contributed by atoms with E-state index in [9.17, 15) is 0 Å². The Morgan fingerprint density at radius 2 is 2.12 bits per heavy atom. The number of halogens is 1. The van der Waals surface area contributed by atoms with Crippen LogP contribution in [0.1, 0.15) is 24.6 Å². The molecule has 3 aromatic rings. The van der Waals surface area contributed by atoms with E-state index in [1.165, 1.54) is 11.4 Å². The average Bonchev–Trinajstić information content (AvgIpc) is 3.20. The van der Waals surface area contributed by atoms with Crippen molar-refractivity contribution < 1.29 is 0 Å². The van der Waals surface area contributed by atoms with Gasteiger partial charge in [-0.05, 0) is 31.0 Å². The van der Waals surface area contributed by atoms with Crippen molar-refractivity contribution in [2.75, 3.05) is 6.54 Å². The minimum Gasteiger partial charge on any atom is -0.368 e. The number of aryl methyl sites for hydroxylation is 2. The van der Waals surface area contributed by atoms with Gasteiger partial charge in [-0.1, -0.05) is 25.1 Å². The van der Waals surface area contributed by atoms with E-state index in [1.54, 1.807) is 0 Å². The molecule has 0 unspecified atom stereocenters. The number of rotatable bonds is 3. The van der Waals surface area contributed by atoms with Crippen LogP contribution in [0.15, 0.2) is 30.6 Å². The Labute approximate surface area is 152 Å². The minimum absolute atomic E-state index is 0.735. The summed E-state index contributed by atoms with van der Waals surface area (Å²) in [5.74, 6) is 0. The predicted octanol–water partition coefficient (Wildman–Crippen LogP) is 4.14. The zero-order valence-corrected chi connectivity index (χ0v) is 15.6. The fourth-order valence-corrected chi connectivity index (χ4v) is 3.74. The summed E-state index contributed by atoms with van der Waals surface area (Å²) in [4.78, 5) is 2.35. The third-order valence-electron chi connectivity index (χ3n) is 5.08. The highest BCUT2D eigenvalue weighted by atomic mass is 35.5. The zero-order valence-electron chi connectivity index (χ0n) is 14.9. The van der Waals surface area contributed by atoms with Gasteiger partial charge in [-0.3, -0.25) is 9.36 Å². The van der Waals surface area contributed by atoms with Crippen molar-refractivity contribution in [3.05, 3.63) is 46.9 Å². The van der Waals surface area contributed by atoms with Gasteiger partial charge < -0.3 is 4.90 Å². The van der Waals surface area contributed by atoms with Gasteiger partial charge in [0, 0.05) is 41.5 Å². The molecule has 25 heavy (non-hydrogen) atoms. The van der Waals surface area contributed by atoms with Gasteiger partial charge in [-0.2, -0.15) is 10.2 Å². The van der Waals surface area contributed by atoms with Gasteiger partial charge in [0.05, 0.1) is 30.0 Å². The monoisotopic (exact) mass is 355 g/mol. The molecule has 0 saturated heterocycles. The van der Waals surface area contributed by atoms with Crippen molar-refractivity contribution >= 4 is 22.5 Å². The van der Waals surface area contributed by atoms with Gasteiger partial charge in [-0.25, -0.2) is 0 Å². The van der Waals surface area contributed by atoms with Crippen molar-refractivity contribution in [1.29, 1.82) is 0 Å². The van der Waals surface area contributed by atoms with Crippen LogP contribution in [0.2, 0.25) is 5.02 Å². The maximum absolute atomic E-state index is 6.51. The van der Waals surface area contributed by atoms with Crippen LogP contribution in [0.25, 0.3) is 22.2 Å². The third-order valence-corrected chi connectivity index (χ3v) is 5.47. The molecule has 130 valence electrons. The van der Waals surface area contributed by atoms with Gasteiger partial charge in [0.15, 0.2) is 0 Å². The fourth-order valence-electron chi connectivity index (χ4n) is 3.54. The van der Waals surface area contributed by atoms with Crippen LogP contribution in [0.3, 0.4) is 0 Å². The van der Waals surface area contributed by atoms with Crippen LogP contribution in [-0.2, 0) is 20.1 Å². The lowest BCUT2D eigenvalue weighted by Gasteiger charge is -2.31. The molecule has 0 fully saturated rings. The zero-order chi connectivity index (χ0) is 17.7. The van der Waals surface area contributed by atoms with Gasteiger partial charge in [0.2, 0.25) is 0 Å². The number of fused-ring (bicyclic) bond motifs is 3. The molecule has 1 aliphatic rings. The maximum atomic E-state index is 6.51. The Kier molecular flexibility index (Phi) is 3.84. The molecule has 3 heterocycles. The molecule has 0 radical (unpaired) electrons. The Morgan fingerprint density at radius 1 is 1.32 bits per heavy atom. The van der Waals surface area contributed by atoms with Crippen molar-refractivity contribution in [3.63, 3.8) is 0 Å². The second-order valence-electron chi connectivity index (χ2n) is 6.64. The minimum atomic E-state index is 0.735. The Bertz CT molecular complexity index is 982. The lowest BCUT2D eigenvalue weighted by molar-refractivity contribution is 0.264. The highest BCUT2D eigenvalue weighted by Gasteiger charge is 2.25. The molecule has 2 aromatic heterocycles. The molecule has 0 saturated carbocycles. The van der Waals surface area contributed by atoms with E-state index >= 15 is 0 Å². The van der Waals surface area contributed by atoms with Crippen LogP contribution in [0, 0.1) is 6.92 Å². The number of hydrogen-bond donors (Lipinski definition) is 0. The summed E-state index contributed by atoms with van der Waals surface area (Å²) < 4.78 is 3.94.